The van der Waals surface area contributed by atoms with Gasteiger partial charge in [0.15, 0.2) is 9.84 Å². The van der Waals surface area contributed by atoms with Crippen LogP contribution in [0.15, 0.2) is 24.3 Å². The lowest BCUT2D eigenvalue weighted by atomic mass is 9.97. The molecular weight excluding hydrogens is 272 g/mol. The maximum atomic E-state index is 11.3. The first-order valence-electron chi connectivity index (χ1n) is 6.07. The van der Waals surface area contributed by atoms with E-state index in [1.54, 1.807) is 6.07 Å². The zero-order valence-corrected chi connectivity index (χ0v) is 11.6. The average Bonchev–Trinajstić information content (AvgIpc) is 2.57. The minimum absolute atomic E-state index is 0.101. The molecule has 2 unspecified atom stereocenters. The lowest BCUT2D eigenvalue weighted by molar-refractivity contribution is 0.147. The number of hydrogen-bond acceptors (Lipinski definition) is 3. The smallest absolute Gasteiger partial charge is 0.150 e. The molecule has 1 saturated heterocycles. The monoisotopic (exact) mass is 288 g/mol. The summed E-state index contributed by atoms with van der Waals surface area (Å²) in [6.45, 7) is 0. The Labute approximate surface area is 113 Å². The van der Waals surface area contributed by atoms with Crippen LogP contribution in [-0.2, 0) is 16.3 Å². The number of rotatable bonds is 4. The molecule has 1 N–H and O–H groups in total. The second-order valence-corrected chi connectivity index (χ2v) is 7.66. The van der Waals surface area contributed by atoms with E-state index in [4.69, 9.17) is 11.6 Å². The van der Waals surface area contributed by atoms with Gasteiger partial charge in [0.05, 0.1) is 17.6 Å². The Balaban J connectivity index is 1.88. The number of aliphatic hydroxyl groups excluding tert-OH is 1. The average molecular weight is 289 g/mol. The quantitative estimate of drug-likeness (QED) is 0.923. The minimum atomic E-state index is -2.85. The third-order valence-electron chi connectivity index (χ3n) is 3.29. The molecule has 0 saturated carbocycles. The van der Waals surface area contributed by atoms with Crippen molar-refractivity contribution in [2.45, 2.75) is 25.4 Å². The first kappa shape index (κ1) is 13.8. The summed E-state index contributed by atoms with van der Waals surface area (Å²) in [5.41, 5.74) is 0.982. The van der Waals surface area contributed by atoms with E-state index in [-0.39, 0.29) is 17.4 Å². The van der Waals surface area contributed by atoms with Crippen LogP contribution in [0.2, 0.25) is 5.02 Å². The zero-order chi connectivity index (χ0) is 13.2. The van der Waals surface area contributed by atoms with E-state index >= 15 is 0 Å². The summed E-state index contributed by atoms with van der Waals surface area (Å²) in [5.74, 6) is 0.588. The lowest BCUT2D eigenvalue weighted by Crippen LogP contribution is -2.17. The van der Waals surface area contributed by atoms with Crippen molar-refractivity contribution in [3.05, 3.63) is 34.9 Å². The van der Waals surface area contributed by atoms with Crippen LogP contribution < -0.4 is 0 Å². The SMILES string of the molecule is O=S1(=O)CCC(CC(O)Cc2cccc(Cl)c2)C1. The van der Waals surface area contributed by atoms with Gasteiger partial charge in [-0.25, -0.2) is 8.42 Å². The van der Waals surface area contributed by atoms with E-state index in [0.717, 1.165) is 5.56 Å². The van der Waals surface area contributed by atoms with Crippen molar-refractivity contribution in [2.24, 2.45) is 5.92 Å². The van der Waals surface area contributed by atoms with Crippen molar-refractivity contribution in [3.63, 3.8) is 0 Å². The molecular formula is C13H17ClO3S. The van der Waals surface area contributed by atoms with E-state index in [0.29, 0.717) is 24.3 Å². The Morgan fingerprint density at radius 3 is 2.83 bits per heavy atom. The topological polar surface area (TPSA) is 54.4 Å². The van der Waals surface area contributed by atoms with Crippen LogP contribution in [0.4, 0.5) is 0 Å². The van der Waals surface area contributed by atoms with Crippen LogP contribution in [0, 0.1) is 5.92 Å². The van der Waals surface area contributed by atoms with E-state index < -0.39 is 15.9 Å². The maximum absolute atomic E-state index is 11.3. The normalized spacial score (nSPS) is 24.0. The van der Waals surface area contributed by atoms with Crippen molar-refractivity contribution in [2.75, 3.05) is 11.5 Å². The van der Waals surface area contributed by atoms with Gasteiger partial charge in [0.1, 0.15) is 0 Å². The Morgan fingerprint density at radius 2 is 2.22 bits per heavy atom. The molecule has 2 atom stereocenters. The summed E-state index contributed by atoms with van der Waals surface area (Å²) in [7, 11) is -2.85. The van der Waals surface area contributed by atoms with Crippen LogP contribution in [0.5, 0.6) is 0 Å². The van der Waals surface area contributed by atoms with Crippen molar-refractivity contribution in [1.82, 2.24) is 0 Å². The van der Waals surface area contributed by atoms with Gasteiger partial charge in [0.2, 0.25) is 0 Å². The van der Waals surface area contributed by atoms with Crippen molar-refractivity contribution < 1.29 is 13.5 Å². The Kier molecular flexibility index (Phi) is 4.30. The summed E-state index contributed by atoms with van der Waals surface area (Å²) in [4.78, 5) is 0. The number of sulfone groups is 1. The predicted octanol–water partition coefficient (Wildman–Crippen LogP) is 2.07. The van der Waals surface area contributed by atoms with Gasteiger partial charge in [-0.3, -0.25) is 0 Å². The van der Waals surface area contributed by atoms with Crippen molar-refractivity contribution >= 4 is 21.4 Å². The fourth-order valence-corrected chi connectivity index (χ4v) is 4.56. The fraction of sp³-hybridized carbons (Fsp3) is 0.538. The van der Waals surface area contributed by atoms with Crippen LogP contribution in [0.25, 0.3) is 0 Å². The van der Waals surface area contributed by atoms with Gasteiger partial charge in [-0.05, 0) is 42.9 Å². The Bertz CT molecular complexity index is 513. The van der Waals surface area contributed by atoms with Crippen LogP contribution in [0.1, 0.15) is 18.4 Å². The van der Waals surface area contributed by atoms with Crippen LogP contribution in [0.3, 0.4) is 0 Å². The van der Waals surface area contributed by atoms with Crippen molar-refractivity contribution in [1.29, 1.82) is 0 Å². The highest BCUT2D eigenvalue weighted by atomic mass is 35.5. The van der Waals surface area contributed by atoms with Gasteiger partial charge in [-0.1, -0.05) is 23.7 Å². The number of aliphatic hydroxyl groups is 1. The van der Waals surface area contributed by atoms with Gasteiger partial charge in [0.25, 0.3) is 0 Å². The lowest BCUT2D eigenvalue weighted by Gasteiger charge is -2.14. The van der Waals surface area contributed by atoms with Crippen molar-refractivity contribution in [3.8, 4) is 0 Å². The molecule has 2 rings (SSSR count). The second-order valence-electron chi connectivity index (χ2n) is 4.99. The van der Waals surface area contributed by atoms with Gasteiger partial charge in [-0.2, -0.15) is 0 Å². The molecule has 1 aliphatic rings. The molecule has 0 aromatic heterocycles. The second kappa shape index (κ2) is 5.59. The highest BCUT2D eigenvalue weighted by Crippen LogP contribution is 2.24. The zero-order valence-electron chi connectivity index (χ0n) is 10.0. The van der Waals surface area contributed by atoms with Crippen LogP contribution >= 0.6 is 11.6 Å². The molecule has 1 aromatic rings. The van der Waals surface area contributed by atoms with Gasteiger partial charge in [0, 0.05) is 5.02 Å². The molecule has 0 bridgehead atoms. The molecule has 1 aromatic carbocycles. The number of benzene rings is 1. The highest BCUT2D eigenvalue weighted by molar-refractivity contribution is 7.91. The molecule has 100 valence electrons. The molecule has 0 radical (unpaired) electrons. The van der Waals surface area contributed by atoms with Gasteiger partial charge >= 0.3 is 0 Å². The summed E-state index contributed by atoms with van der Waals surface area (Å²) in [6.07, 6.45) is 1.25. The summed E-state index contributed by atoms with van der Waals surface area (Å²) < 4.78 is 22.7. The summed E-state index contributed by atoms with van der Waals surface area (Å²) in [6, 6.07) is 7.39. The van der Waals surface area contributed by atoms with E-state index in [1.165, 1.54) is 0 Å². The molecule has 3 nitrogen and oxygen atoms in total. The van der Waals surface area contributed by atoms with E-state index in [9.17, 15) is 13.5 Å². The van der Waals surface area contributed by atoms with E-state index in [2.05, 4.69) is 0 Å². The molecule has 1 fully saturated rings. The fourth-order valence-electron chi connectivity index (χ4n) is 2.46. The number of halogens is 1. The van der Waals surface area contributed by atoms with Gasteiger partial charge in [-0.15, -0.1) is 0 Å². The summed E-state index contributed by atoms with van der Waals surface area (Å²) in [5, 5.41) is 10.6. The summed E-state index contributed by atoms with van der Waals surface area (Å²) >= 11 is 5.88. The van der Waals surface area contributed by atoms with E-state index in [1.807, 2.05) is 18.2 Å². The Morgan fingerprint density at radius 1 is 1.44 bits per heavy atom. The molecule has 1 heterocycles. The van der Waals surface area contributed by atoms with Gasteiger partial charge < -0.3 is 5.11 Å². The third-order valence-corrected chi connectivity index (χ3v) is 5.36. The standard InChI is InChI=1S/C13H17ClO3S/c14-12-3-1-2-10(6-12)7-13(15)8-11-4-5-18(16,17)9-11/h1-3,6,11,13,15H,4-5,7-9H2. The predicted molar refractivity (Wildman–Crippen MR) is 72.5 cm³/mol. The van der Waals surface area contributed by atoms with Crippen LogP contribution in [-0.4, -0.2) is 31.1 Å². The molecule has 0 amide bonds. The third kappa shape index (κ3) is 3.97. The molecule has 18 heavy (non-hydrogen) atoms. The molecule has 1 aliphatic heterocycles. The molecule has 0 aliphatic carbocycles. The molecule has 0 spiro atoms. The first-order valence-corrected chi connectivity index (χ1v) is 8.27. The highest BCUT2D eigenvalue weighted by Gasteiger charge is 2.29. The molecule has 5 heteroatoms. The first-order chi connectivity index (χ1) is 8.44. The minimum Gasteiger partial charge on any atom is -0.393 e. The number of hydrogen-bond donors (Lipinski definition) is 1. The largest absolute Gasteiger partial charge is 0.393 e. The Hall–Kier alpha value is -0.580. The maximum Gasteiger partial charge on any atom is 0.150 e.